The molecule has 22 heavy (non-hydrogen) atoms. The number of hydrogen-bond donors (Lipinski definition) is 2. The van der Waals surface area contributed by atoms with Gasteiger partial charge in [-0.05, 0) is 64.2 Å². The van der Waals surface area contributed by atoms with E-state index in [1.807, 2.05) is 13.8 Å². The van der Waals surface area contributed by atoms with Crippen molar-refractivity contribution in [2.24, 2.45) is 11.8 Å². The zero-order valence-corrected chi connectivity index (χ0v) is 14.3. The van der Waals surface area contributed by atoms with Gasteiger partial charge in [-0.1, -0.05) is 19.3 Å². The summed E-state index contributed by atoms with van der Waals surface area (Å²) in [6.07, 6.45) is 9.29. The average molecular weight is 314 g/mol. The standard InChI is InChI=1S/C18H34O4/c1-3-22-18(21)9-7-5-4-6-8-16-15(11-10-14(2)19)12-13-17(16)20/h14-17,19-20H,3-13H2,1-2H3. The Kier molecular flexibility index (Phi) is 9.73. The van der Waals surface area contributed by atoms with E-state index in [2.05, 4.69) is 0 Å². The summed E-state index contributed by atoms with van der Waals surface area (Å²) in [5, 5.41) is 19.6. The lowest BCUT2D eigenvalue weighted by molar-refractivity contribution is -0.143. The molecule has 1 aliphatic rings. The summed E-state index contributed by atoms with van der Waals surface area (Å²) in [5.41, 5.74) is 0. The van der Waals surface area contributed by atoms with Crippen LogP contribution in [-0.2, 0) is 9.53 Å². The van der Waals surface area contributed by atoms with Gasteiger partial charge in [-0.3, -0.25) is 4.79 Å². The molecule has 2 N–H and O–H groups in total. The second-order valence-electron chi connectivity index (χ2n) is 6.75. The van der Waals surface area contributed by atoms with Crippen molar-refractivity contribution in [3.8, 4) is 0 Å². The van der Waals surface area contributed by atoms with Crippen molar-refractivity contribution in [2.75, 3.05) is 6.61 Å². The molecule has 0 bridgehead atoms. The second kappa shape index (κ2) is 11.0. The fourth-order valence-electron chi connectivity index (χ4n) is 3.61. The normalized spacial score (nSPS) is 26.1. The summed E-state index contributed by atoms with van der Waals surface area (Å²) in [5.74, 6) is 0.889. The first-order chi connectivity index (χ1) is 10.5. The third-order valence-corrected chi connectivity index (χ3v) is 4.86. The van der Waals surface area contributed by atoms with E-state index in [1.165, 1.54) is 0 Å². The highest BCUT2D eigenvalue weighted by Crippen LogP contribution is 2.38. The molecule has 1 fully saturated rings. The topological polar surface area (TPSA) is 66.8 Å². The number of esters is 1. The van der Waals surface area contributed by atoms with Crippen molar-refractivity contribution in [3.05, 3.63) is 0 Å². The Morgan fingerprint density at radius 3 is 2.59 bits per heavy atom. The SMILES string of the molecule is CCOC(=O)CCCCCCC1C(O)CCC1CCC(C)O. The number of unbranched alkanes of at least 4 members (excludes halogenated alkanes) is 3. The van der Waals surface area contributed by atoms with Gasteiger partial charge in [-0.15, -0.1) is 0 Å². The Morgan fingerprint density at radius 2 is 1.91 bits per heavy atom. The summed E-state index contributed by atoms with van der Waals surface area (Å²) < 4.78 is 4.91. The quantitative estimate of drug-likeness (QED) is 0.453. The molecule has 0 radical (unpaired) electrons. The first kappa shape index (κ1) is 19.4. The molecule has 1 aliphatic carbocycles. The first-order valence-electron chi connectivity index (χ1n) is 9.06. The van der Waals surface area contributed by atoms with Crippen molar-refractivity contribution in [1.29, 1.82) is 0 Å². The summed E-state index contributed by atoms with van der Waals surface area (Å²) in [4.78, 5) is 11.2. The van der Waals surface area contributed by atoms with Gasteiger partial charge in [0.25, 0.3) is 0 Å². The lowest BCUT2D eigenvalue weighted by Gasteiger charge is -2.22. The van der Waals surface area contributed by atoms with Crippen molar-refractivity contribution in [3.63, 3.8) is 0 Å². The lowest BCUT2D eigenvalue weighted by Crippen LogP contribution is -2.20. The minimum atomic E-state index is -0.235. The van der Waals surface area contributed by atoms with Gasteiger partial charge >= 0.3 is 5.97 Å². The van der Waals surface area contributed by atoms with Crippen LogP contribution in [0.4, 0.5) is 0 Å². The van der Waals surface area contributed by atoms with E-state index in [-0.39, 0.29) is 18.2 Å². The van der Waals surface area contributed by atoms with Crippen LogP contribution < -0.4 is 0 Å². The average Bonchev–Trinajstić information content (AvgIpc) is 2.81. The van der Waals surface area contributed by atoms with Crippen LogP contribution in [-0.4, -0.2) is 35.0 Å². The van der Waals surface area contributed by atoms with Gasteiger partial charge in [0.2, 0.25) is 0 Å². The van der Waals surface area contributed by atoms with Gasteiger partial charge in [0.15, 0.2) is 0 Å². The van der Waals surface area contributed by atoms with E-state index in [9.17, 15) is 15.0 Å². The van der Waals surface area contributed by atoms with Gasteiger partial charge in [0.05, 0.1) is 18.8 Å². The van der Waals surface area contributed by atoms with Gasteiger partial charge < -0.3 is 14.9 Å². The third kappa shape index (κ3) is 7.59. The maximum atomic E-state index is 11.2. The molecule has 130 valence electrons. The van der Waals surface area contributed by atoms with Crippen molar-refractivity contribution < 1.29 is 19.7 Å². The van der Waals surface area contributed by atoms with E-state index >= 15 is 0 Å². The van der Waals surface area contributed by atoms with Gasteiger partial charge in [-0.2, -0.15) is 0 Å². The fourth-order valence-corrected chi connectivity index (χ4v) is 3.61. The van der Waals surface area contributed by atoms with Gasteiger partial charge in [-0.25, -0.2) is 0 Å². The number of carbonyl (C=O) groups excluding carboxylic acids is 1. The van der Waals surface area contributed by atoms with Crippen LogP contribution in [0.2, 0.25) is 0 Å². The van der Waals surface area contributed by atoms with Gasteiger partial charge in [0.1, 0.15) is 0 Å². The predicted octanol–water partition coefficient (Wildman–Crippen LogP) is 3.44. The molecule has 4 atom stereocenters. The lowest BCUT2D eigenvalue weighted by atomic mass is 9.86. The van der Waals surface area contributed by atoms with Crippen LogP contribution in [0.5, 0.6) is 0 Å². The zero-order valence-electron chi connectivity index (χ0n) is 14.3. The molecule has 4 nitrogen and oxygen atoms in total. The highest BCUT2D eigenvalue weighted by atomic mass is 16.5. The molecule has 0 aromatic heterocycles. The number of carbonyl (C=O) groups is 1. The zero-order chi connectivity index (χ0) is 16.4. The highest BCUT2D eigenvalue weighted by Gasteiger charge is 2.33. The molecule has 0 saturated heterocycles. The molecule has 0 heterocycles. The van der Waals surface area contributed by atoms with E-state index in [4.69, 9.17) is 4.74 Å². The third-order valence-electron chi connectivity index (χ3n) is 4.86. The maximum Gasteiger partial charge on any atom is 0.305 e. The van der Waals surface area contributed by atoms with Crippen LogP contribution in [0.3, 0.4) is 0 Å². The van der Waals surface area contributed by atoms with E-state index < -0.39 is 0 Å². The Morgan fingerprint density at radius 1 is 1.18 bits per heavy atom. The number of aliphatic hydroxyl groups excluding tert-OH is 2. The van der Waals surface area contributed by atoms with Crippen LogP contribution in [0, 0.1) is 11.8 Å². The molecular weight excluding hydrogens is 280 g/mol. The molecular formula is C18H34O4. The minimum Gasteiger partial charge on any atom is -0.466 e. The number of aliphatic hydroxyl groups is 2. The Bertz CT molecular complexity index is 303. The molecule has 0 amide bonds. The van der Waals surface area contributed by atoms with Crippen molar-refractivity contribution in [1.82, 2.24) is 0 Å². The van der Waals surface area contributed by atoms with Crippen LogP contribution in [0.15, 0.2) is 0 Å². The minimum absolute atomic E-state index is 0.0908. The van der Waals surface area contributed by atoms with Crippen LogP contribution in [0.25, 0.3) is 0 Å². The molecule has 1 rings (SSSR count). The summed E-state index contributed by atoms with van der Waals surface area (Å²) in [6, 6.07) is 0. The summed E-state index contributed by atoms with van der Waals surface area (Å²) >= 11 is 0. The van der Waals surface area contributed by atoms with Crippen molar-refractivity contribution >= 4 is 5.97 Å². The van der Waals surface area contributed by atoms with Crippen LogP contribution in [0.1, 0.15) is 78.1 Å². The van der Waals surface area contributed by atoms with Crippen molar-refractivity contribution in [2.45, 2.75) is 90.3 Å². The molecule has 4 heteroatoms. The number of rotatable bonds is 11. The molecule has 0 spiro atoms. The predicted molar refractivity (Wildman–Crippen MR) is 87.5 cm³/mol. The smallest absolute Gasteiger partial charge is 0.305 e. The Balaban J connectivity index is 2.12. The molecule has 0 aromatic rings. The molecule has 0 aliphatic heterocycles. The second-order valence-corrected chi connectivity index (χ2v) is 6.75. The first-order valence-corrected chi connectivity index (χ1v) is 9.06. The molecule has 0 aromatic carbocycles. The maximum absolute atomic E-state index is 11.2. The van der Waals surface area contributed by atoms with Gasteiger partial charge in [0, 0.05) is 6.42 Å². The molecule has 4 unspecified atom stereocenters. The number of hydrogen-bond acceptors (Lipinski definition) is 4. The van der Waals surface area contributed by atoms with Crippen LogP contribution >= 0.6 is 0 Å². The Hall–Kier alpha value is -0.610. The molecule has 1 saturated carbocycles. The highest BCUT2D eigenvalue weighted by molar-refractivity contribution is 5.69. The van der Waals surface area contributed by atoms with E-state index in [0.717, 1.165) is 57.8 Å². The fraction of sp³-hybridized carbons (Fsp3) is 0.944. The summed E-state index contributed by atoms with van der Waals surface area (Å²) in [6.45, 7) is 4.13. The van der Waals surface area contributed by atoms with E-state index in [1.54, 1.807) is 0 Å². The van der Waals surface area contributed by atoms with E-state index in [0.29, 0.717) is 24.9 Å². The largest absolute Gasteiger partial charge is 0.466 e. The monoisotopic (exact) mass is 314 g/mol. The Labute approximate surface area is 135 Å². The summed E-state index contributed by atoms with van der Waals surface area (Å²) in [7, 11) is 0. The number of ether oxygens (including phenoxy) is 1.